The van der Waals surface area contributed by atoms with Crippen molar-refractivity contribution < 1.29 is 23.9 Å². The van der Waals surface area contributed by atoms with Crippen molar-refractivity contribution in [2.45, 2.75) is 39.5 Å². The van der Waals surface area contributed by atoms with Crippen molar-refractivity contribution in [3.8, 4) is 0 Å². The van der Waals surface area contributed by atoms with Crippen molar-refractivity contribution in [3.05, 3.63) is 28.8 Å². The van der Waals surface area contributed by atoms with Gasteiger partial charge in [-0.05, 0) is 49.9 Å². The van der Waals surface area contributed by atoms with E-state index in [1.807, 2.05) is 6.92 Å². The summed E-state index contributed by atoms with van der Waals surface area (Å²) in [5.74, 6) is -1.97. The predicted octanol–water partition coefficient (Wildman–Crippen LogP) is 2.20. The molecule has 1 heterocycles. The molecule has 0 radical (unpaired) electrons. The van der Waals surface area contributed by atoms with Gasteiger partial charge < -0.3 is 10.1 Å². The number of nitrogens with zero attached hydrogens (tertiary/aromatic N) is 1. The Morgan fingerprint density at radius 2 is 1.70 bits per heavy atom. The fourth-order valence-electron chi connectivity index (χ4n) is 3.98. The highest BCUT2D eigenvalue weighted by Crippen LogP contribution is 2.37. The summed E-state index contributed by atoms with van der Waals surface area (Å²) in [5.41, 5.74) is 2.40. The lowest BCUT2D eigenvalue weighted by atomic mass is 9.81. The van der Waals surface area contributed by atoms with Crippen LogP contribution in [-0.2, 0) is 19.1 Å². The zero-order chi connectivity index (χ0) is 19.7. The van der Waals surface area contributed by atoms with E-state index in [1.165, 1.54) is 7.11 Å². The number of fused-ring (bicyclic) bond motifs is 1. The molecule has 27 heavy (non-hydrogen) atoms. The predicted molar refractivity (Wildman–Crippen MR) is 98.1 cm³/mol. The molecule has 144 valence electrons. The minimum Gasteiger partial charge on any atom is -0.465 e. The minimum absolute atomic E-state index is 0.241. The van der Waals surface area contributed by atoms with Crippen LogP contribution < -0.4 is 5.32 Å². The van der Waals surface area contributed by atoms with Crippen LogP contribution in [0.15, 0.2) is 12.1 Å². The summed E-state index contributed by atoms with van der Waals surface area (Å²) >= 11 is 0. The van der Waals surface area contributed by atoms with Gasteiger partial charge in [0.2, 0.25) is 17.7 Å². The summed E-state index contributed by atoms with van der Waals surface area (Å²) < 4.78 is 4.77. The highest BCUT2D eigenvalue weighted by molar-refractivity contribution is 6.08. The molecule has 1 N–H and O–H groups in total. The summed E-state index contributed by atoms with van der Waals surface area (Å²) in [7, 11) is 1.30. The molecule has 3 amide bonds. The van der Waals surface area contributed by atoms with Crippen LogP contribution in [0, 0.1) is 25.7 Å². The maximum Gasteiger partial charge on any atom is 0.338 e. The Hall–Kier alpha value is -2.70. The van der Waals surface area contributed by atoms with E-state index in [9.17, 15) is 19.2 Å². The number of hydrogen-bond acceptors (Lipinski definition) is 5. The Morgan fingerprint density at radius 3 is 2.26 bits per heavy atom. The molecular formula is C20H24N2O5. The number of likely N-dealkylation sites (tertiary alicyclic amines) is 1. The second-order valence-electron chi connectivity index (χ2n) is 7.27. The lowest BCUT2D eigenvalue weighted by Crippen LogP contribution is -2.38. The molecule has 1 aliphatic carbocycles. The third-order valence-electron chi connectivity index (χ3n) is 5.59. The van der Waals surface area contributed by atoms with Gasteiger partial charge in [0.1, 0.15) is 6.54 Å². The molecule has 1 aromatic rings. The molecule has 1 saturated heterocycles. The Labute approximate surface area is 158 Å². The monoisotopic (exact) mass is 372 g/mol. The molecule has 2 atom stereocenters. The quantitative estimate of drug-likeness (QED) is 0.646. The van der Waals surface area contributed by atoms with Gasteiger partial charge in [0, 0.05) is 5.69 Å². The van der Waals surface area contributed by atoms with Crippen LogP contribution in [-0.4, -0.2) is 42.2 Å². The number of aryl methyl sites for hydroxylation is 1. The summed E-state index contributed by atoms with van der Waals surface area (Å²) in [6.45, 7) is 3.33. The molecule has 0 aromatic heterocycles. The molecule has 1 aliphatic heterocycles. The molecule has 1 aromatic carbocycles. The number of amides is 3. The number of carbonyl (C=O) groups excluding carboxylic acids is 4. The normalized spacial score (nSPS) is 21.8. The summed E-state index contributed by atoms with van der Waals surface area (Å²) in [4.78, 5) is 50.4. The van der Waals surface area contributed by atoms with E-state index < -0.39 is 11.9 Å². The Bertz CT molecular complexity index is 793. The number of anilines is 1. The number of hydrogen-bond donors (Lipinski definition) is 1. The van der Waals surface area contributed by atoms with Crippen LogP contribution in [0.2, 0.25) is 0 Å². The number of nitrogens with one attached hydrogen (secondary N) is 1. The first-order valence-electron chi connectivity index (χ1n) is 9.18. The van der Waals surface area contributed by atoms with Gasteiger partial charge in [-0.3, -0.25) is 19.3 Å². The molecule has 2 fully saturated rings. The number of imide groups is 1. The first kappa shape index (κ1) is 19.1. The van der Waals surface area contributed by atoms with E-state index in [0.29, 0.717) is 24.1 Å². The summed E-state index contributed by atoms with van der Waals surface area (Å²) in [5, 5.41) is 2.69. The minimum atomic E-state index is -0.485. The number of carbonyl (C=O) groups is 4. The fraction of sp³-hybridized carbons (Fsp3) is 0.500. The highest BCUT2D eigenvalue weighted by Gasteiger charge is 2.48. The van der Waals surface area contributed by atoms with Crippen LogP contribution in [0.5, 0.6) is 0 Å². The van der Waals surface area contributed by atoms with Gasteiger partial charge in [0.15, 0.2) is 0 Å². The zero-order valence-electron chi connectivity index (χ0n) is 15.8. The third kappa shape index (κ3) is 3.59. The molecule has 7 heteroatoms. The van der Waals surface area contributed by atoms with Crippen molar-refractivity contribution in [1.82, 2.24) is 4.90 Å². The van der Waals surface area contributed by atoms with E-state index in [1.54, 1.807) is 19.1 Å². The van der Waals surface area contributed by atoms with Gasteiger partial charge >= 0.3 is 5.97 Å². The van der Waals surface area contributed by atoms with E-state index >= 15 is 0 Å². The average molecular weight is 372 g/mol. The highest BCUT2D eigenvalue weighted by atomic mass is 16.5. The Balaban J connectivity index is 1.73. The van der Waals surface area contributed by atoms with Crippen molar-refractivity contribution >= 4 is 29.4 Å². The van der Waals surface area contributed by atoms with Crippen molar-refractivity contribution in [2.75, 3.05) is 19.0 Å². The number of ether oxygens (including phenoxy) is 1. The van der Waals surface area contributed by atoms with Crippen LogP contribution in [0.3, 0.4) is 0 Å². The molecule has 1 saturated carbocycles. The van der Waals surface area contributed by atoms with E-state index in [-0.39, 0.29) is 30.2 Å². The lowest BCUT2D eigenvalue weighted by molar-refractivity contribution is -0.142. The SMILES string of the molecule is COC(=O)c1cc(NC(=O)CN2C(=O)C3CCCCC3C2=O)cc(C)c1C. The van der Waals surface area contributed by atoms with E-state index in [4.69, 9.17) is 4.74 Å². The molecule has 0 bridgehead atoms. The molecule has 2 unspecified atom stereocenters. The summed E-state index contributed by atoms with van der Waals surface area (Å²) in [6.07, 6.45) is 3.32. The molecular weight excluding hydrogens is 348 g/mol. The van der Waals surface area contributed by atoms with Crippen LogP contribution >= 0.6 is 0 Å². The van der Waals surface area contributed by atoms with Crippen molar-refractivity contribution in [3.63, 3.8) is 0 Å². The number of methoxy groups -OCH3 is 1. The van der Waals surface area contributed by atoms with Gasteiger partial charge in [-0.15, -0.1) is 0 Å². The largest absolute Gasteiger partial charge is 0.465 e. The standard InChI is InChI=1S/C20H24N2O5/c1-11-8-13(9-16(12(11)2)20(26)27-3)21-17(23)10-22-18(24)14-6-4-5-7-15(14)19(22)25/h8-9,14-15H,4-7,10H2,1-3H3,(H,21,23). The number of benzene rings is 1. The van der Waals surface area contributed by atoms with Crippen molar-refractivity contribution in [1.29, 1.82) is 0 Å². The van der Waals surface area contributed by atoms with Crippen LogP contribution in [0.1, 0.15) is 47.2 Å². The third-order valence-corrected chi connectivity index (χ3v) is 5.59. The van der Waals surface area contributed by atoms with Gasteiger partial charge in [-0.2, -0.15) is 0 Å². The zero-order valence-corrected chi connectivity index (χ0v) is 15.8. The van der Waals surface area contributed by atoms with Gasteiger partial charge in [0.25, 0.3) is 0 Å². The molecule has 3 rings (SSSR count). The number of esters is 1. The Kier molecular flexibility index (Phi) is 5.30. The lowest BCUT2D eigenvalue weighted by Gasteiger charge is -2.19. The van der Waals surface area contributed by atoms with Crippen molar-refractivity contribution in [2.24, 2.45) is 11.8 Å². The second kappa shape index (κ2) is 7.50. The second-order valence-corrected chi connectivity index (χ2v) is 7.27. The van der Waals surface area contributed by atoms with Crippen LogP contribution in [0.4, 0.5) is 5.69 Å². The molecule has 2 aliphatic rings. The topological polar surface area (TPSA) is 92.8 Å². The number of rotatable bonds is 4. The maximum absolute atomic E-state index is 12.5. The van der Waals surface area contributed by atoms with Gasteiger partial charge in [-0.1, -0.05) is 12.8 Å². The Morgan fingerprint density at radius 1 is 1.11 bits per heavy atom. The first-order chi connectivity index (χ1) is 12.8. The fourth-order valence-corrected chi connectivity index (χ4v) is 3.98. The first-order valence-corrected chi connectivity index (χ1v) is 9.18. The van der Waals surface area contributed by atoms with E-state index in [0.717, 1.165) is 28.9 Å². The maximum atomic E-state index is 12.5. The summed E-state index contributed by atoms with van der Waals surface area (Å²) in [6, 6.07) is 3.28. The van der Waals surface area contributed by atoms with E-state index in [2.05, 4.69) is 5.32 Å². The van der Waals surface area contributed by atoms with Crippen LogP contribution in [0.25, 0.3) is 0 Å². The molecule has 0 spiro atoms. The molecule has 7 nitrogen and oxygen atoms in total. The average Bonchev–Trinajstić information content (AvgIpc) is 2.89. The van der Waals surface area contributed by atoms with Gasteiger partial charge in [-0.25, -0.2) is 4.79 Å². The smallest absolute Gasteiger partial charge is 0.338 e. The van der Waals surface area contributed by atoms with Gasteiger partial charge in [0.05, 0.1) is 24.5 Å².